The summed E-state index contributed by atoms with van der Waals surface area (Å²) in [5.41, 5.74) is 6.64. The lowest BCUT2D eigenvalue weighted by atomic mass is 10.1. The van der Waals surface area contributed by atoms with Gasteiger partial charge < -0.3 is 20.1 Å². The standard InChI is InChI=1S/C27H26BrClN4O5/c1-15-8-9-19(10-16(15)2)31-26(35)27(36)33-30-13-18-11-20(28)25(23(12-18)37-4)38-14-24(34)32-22-7-5-6-21(29)17(22)3/h5-13H,14H2,1-4H3,(H,31,35)(H,32,34)(H,33,36). The van der Waals surface area contributed by atoms with E-state index in [9.17, 15) is 14.4 Å². The lowest BCUT2D eigenvalue weighted by Crippen LogP contribution is -2.32. The molecule has 0 atom stereocenters. The summed E-state index contributed by atoms with van der Waals surface area (Å²) in [6.07, 6.45) is 1.34. The van der Waals surface area contributed by atoms with E-state index < -0.39 is 11.8 Å². The third-order valence-electron chi connectivity index (χ3n) is 5.49. The van der Waals surface area contributed by atoms with Crippen LogP contribution in [0.15, 0.2) is 58.1 Å². The fourth-order valence-corrected chi connectivity index (χ4v) is 3.99. The molecule has 0 bridgehead atoms. The molecule has 3 aromatic carbocycles. The molecule has 9 nitrogen and oxygen atoms in total. The Morgan fingerprint density at radius 3 is 2.47 bits per heavy atom. The van der Waals surface area contributed by atoms with E-state index in [4.69, 9.17) is 21.1 Å². The largest absolute Gasteiger partial charge is 0.493 e. The predicted octanol–water partition coefficient (Wildman–Crippen LogP) is 5.14. The van der Waals surface area contributed by atoms with Gasteiger partial charge in [0.1, 0.15) is 0 Å². The lowest BCUT2D eigenvalue weighted by Gasteiger charge is -2.14. The number of ether oxygens (including phenoxy) is 2. The number of anilines is 2. The maximum absolute atomic E-state index is 12.4. The zero-order valence-corrected chi connectivity index (χ0v) is 23.5. The Balaban J connectivity index is 1.59. The number of carbonyl (C=O) groups excluding carboxylic acids is 3. The highest BCUT2D eigenvalue weighted by Crippen LogP contribution is 2.36. The molecule has 0 spiro atoms. The van der Waals surface area contributed by atoms with Crippen LogP contribution < -0.4 is 25.5 Å². The van der Waals surface area contributed by atoms with E-state index in [1.165, 1.54) is 13.3 Å². The van der Waals surface area contributed by atoms with Crippen LogP contribution in [0.2, 0.25) is 5.02 Å². The van der Waals surface area contributed by atoms with Crippen LogP contribution in [0.25, 0.3) is 0 Å². The van der Waals surface area contributed by atoms with Gasteiger partial charge in [0.2, 0.25) is 0 Å². The lowest BCUT2D eigenvalue weighted by molar-refractivity contribution is -0.136. The average Bonchev–Trinajstić information content (AvgIpc) is 2.88. The van der Waals surface area contributed by atoms with E-state index in [1.54, 1.807) is 49.4 Å². The molecule has 0 aliphatic carbocycles. The van der Waals surface area contributed by atoms with Crippen LogP contribution in [0.1, 0.15) is 22.3 Å². The van der Waals surface area contributed by atoms with Gasteiger partial charge in [-0.15, -0.1) is 0 Å². The number of hydrazone groups is 1. The Bertz CT molecular complexity index is 1410. The molecule has 3 rings (SSSR count). The SMILES string of the molecule is COc1cc(C=NNC(=O)C(=O)Nc2ccc(C)c(C)c2)cc(Br)c1OCC(=O)Nc1cccc(Cl)c1C. The van der Waals surface area contributed by atoms with Gasteiger partial charge in [0.25, 0.3) is 5.91 Å². The van der Waals surface area contributed by atoms with E-state index in [2.05, 4.69) is 37.1 Å². The number of rotatable bonds is 8. The van der Waals surface area contributed by atoms with Crippen LogP contribution in [-0.2, 0) is 14.4 Å². The number of nitrogens with zero attached hydrogens (tertiary/aromatic N) is 1. The molecule has 11 heteroatoms. The van der Waals surface area contributed by atoms with Crippen LogP contribution in [0.5, 0.6) is 11.5 Å². The van der Waals surface area contributed by atoms with Crippen molar-refractivity contribution in [2.24, 2.45) is 5.10 Å². The second-order valence-electron chi connectivity index (χ2n) is 8.24. The number of hydrogen-bond donors (Lipinski definition) is 3. The molecule has 38 heavy (non-hydrogen) atoms. The number of halogens is 2. The van der Waals surface area contributed by atoms with Gasteiger partial charge in [-0.25, -0.2) is 5.43 Å². The van der Waals surface area contributed by atoms with Gasteiger partial charge in [0, 0.05) is 16.4 Å². The first-order valence-electron chi connectivity index (χ1n) is 11.4. The second kappa shape index (κ2) is 13.1. The van der Waals surface area contributed by atoms with E-state index in [0.29, 0.717) is 37.9 Å². The molecule has 0 saturated heterocycles. The Kier molecular flexibility index (Phi) is 9.86. The molecule has 3 aromatic rings. The first-order valence-corrected chi connectivity index (χ1v) is 12.5. The van der Waals surface area contributed by atoms with Crippen molar-refractivity contribution >= 4 is 62.8 Å². The average molecular weight is 602 g/mol. The summed E-state index contributed by atoms with van der Waals surface area (Å²) < 4.78 is 11.6. The monoisotopic (exact) mass is 600 g/mol. The molecule has 0 aliphatic heterocycles. The van der Waals surface area contributed by atoms with Gasteiger partial charge in [-0.2, -0.15) is 5.10 Å². The van der Waals surface area contributed by atoms with Gasteiger partial charge in [-0.1, -0.05) is 23.7 Å². The summed E-state index contributed by atoms with van der Waals surface area (Å²) in [5, 5.41) is 9.67. The summed E-state index contributed by atoms with van der Waals surface area (Å²) in [5.74, 6) is -1.52. The van der Waals surface area contributed by atoms with Crippen LogP contribution in [-0.4, -0.2) is 37.7 Å². The summed E-state index contributed by atoms with van der Waals surface area (Å²) in [6.45, 7) is 5.39. The number of methoxy groups -OCH3 is 1. The number of carbonyl (C=O) groups is 3. The fourth-order valence-electron chi connectivity index (χ4n) is 3.24. The van der Waals surface area contributed by atoms with Gasteiger partial charge >= 0.3 is 11.8 Å². The van der Waals surface area contributed by atoms with Crippen LogP contribution in [0, 0.1) is 20.8 Å². The van der Waals surface area contributed by atoms with E-state index in [0.717, 1.165) is 16.7 Å². The van der Waals surface area contributed by atoms with Gasteiger partial charge in [-0.3, -0.25) is 14.4 Å². The Hall–Kier alpha value is -3.89. The van der Waals surface area contributed by atoms with Crippen LogP contribution in [0.3, 0.4) is 0 Å². The van der Waals surface area contributed by atoms with E-state index in [1.807, 2.05) is 19.9 Å². The molecule has 3 N–H and O–H groups in total. The first-order chi connectivity index (χ1) is 18.1. The first kappa shape index (κ1) is 28.7. The minimum absolute atomic E-state index is 0.278. The molecule has 0 aliphatic rings. The fraction of sp³-hybridized carbons (Fsp3) is 0.185. The molecular formula is C27H26BrClN4O5. The van der Waals surface area contributed by atoms with Gasteiger partial charge in [0.05, 0.1) is 17.8 Å². The molecule has 0 radical (unpaired) electrons. The number of amides is 3. The molecule has 198 valence electrons. The number of benzene rings is 3. The molecule has 0 fully saturated rings. The summed E-state index contributed by atoms with van der Waals surface area (Å²) in [6, 6.07) is 13.8. The zero-order chi connectivity index (χ0) is 27.8. The topological polar surface area (TPSA) is 118 Å². The number of hydrogen-bond acceptors (Lipinski definition) is 6. The van der Waals surface area contributed by atoms with Crippen molar-refractivity contribution in [2.45, 2.75) is 20.8 Å². The molecule has 0 heterocycles. The molecule has 0 aromatic heterocycles. The molecule has 0 unspecified atom stereocenters. The third-order valence-corrected chi connectivity index (χ3v) is 6.49. The minimum Gasteiger partial charge on any atom is -0.493 e. The zero-order valence-electron chi connectivity index (χ0n) is 21.1. The van der Waals surface area contributed by atoms with Crippen LogP contribution in [0.4, 0.5) is 11.4 Å². The van der Waals surface area contributed by atoms with Gasteiger partial charge in [-0.05, 0) is 95.4 Å². The number of aryl methyl sites for hydroxylation is 2. The minimum atomic E-state index is -0.925. The predicted molar refractivity (Wildman–Crippen MR) is 151 cm³/mol. The maximum atomic E-state index is 12.4. The Morgan fingerprint density at radius 2 is 1.76 bits per heavy atom. The van der Waals surface area contributed by atoms with Crippen molar-refractivity contribution in [3.8, 4) is 11.5 Å². The Morgan fingerprint density at radius 1 is 1.00 bits per heavy atom. The van der Waals surface area contributed by atoms with Crippen molar-refractivity contribution in [1.29, 1.82) is 0 Å². The quantitative estimate of drug-likeness (QED) is 0.188. The summed E-state index contributed by atoms with van der Waals surface area (Å²) >= 11 is 9.50. The maximum Gasteiger partial charge on any atom is 0.329 e. The molecule has 3 amide bonds. The van der Waals surface area contributed by atoms with Crippen molar-refractivity contribution in [1.82, 2.24) is 5.43 Å². The van der Waals surface area contributed by atoms with Gasteiger partial charge in [0.15, 0.2) is 18.1 Å². The van der Waals surface area contributed by atoms with Crippen molar-refractivity contribution in [3.63, 3.8) is 0 Å². The van der Waals surface area contributed by atoms with Crippen molar-refractivity contribution < 1.29 is 23.9 Å². The highest BCUT2D eigenvalue weighted by atomic mass is 79.9. The number of nitrogens with one attached hydrogen (secondary N) is 3. The van der Waals surface area contributed by atoms with Crippen LogP contribution >= 0.6 is 27.5 Å². The molecular weight excluding hydrogens is 576 g/mol. The highest BCUT2D eigenvalue weighted by Gasteiger charge is 2.15. The summed E-state index contributed by atoms with van der Waals surface area (Å²) in [7, 11) is 1.45. The summed E-state index contributed by atoms with van der Waals surface area (Å²) in [4.78, 5) is 36.7. The third kappa shape index (κ3) is 7.56. The van der Waals surface area contributed by atoms with Crippen molar-refractivity contribution in [3.05, 3.63) is 80.3 Å². The van der Waals surface area contributed by atoms with E-state index in [-0.39, 0.29) is 12.5 Å². The smallest absolute Gasteiger partial charge is 0.329 e. The molecule has 0 saturated carbocycles. The Labute approximate surface area is 233 Å². The normalized spacial score (nSPS) is 10.7. The highest BCUT2D eigenvalue weighted by molar-refractivity contribution is 9.10. The van der Waals surface area contributed by atoms with E-state index >= 15 is 0 Å². The van der Waals surface area contributed by atoms with Crippen molar-refractivity contribution in [2.75, 3.05) is 24.4 Å². The second-order valence-corrected chi connectivity index (χ2v) is 9.50.